The van der Waals surface area contributed by atoms with Crippen LogP contribution in [-0.4, -0.2) is 5.79 Å². The van der Waals surface area contributed by atoms with Crippen LogP contribution < -0.4 is 9.47 Å². The molecule has 2 nitrogen and oxygen atoms in total. The van der Waals surface area contributed by atoms with Crippen LogP contribution in [0.1, 0.15) is 42.4 Å². The molecular formula is C12H16O2S. The Balaban J connectivity index is 1.99. The Labute approximate surface area is 94.2 Å². The van der Waals surface area contributed by atoms with Crippen molar-refractivity contribution in [2.45, 2.75) is 51.7 Å². The third-order valence-corrected chi connectivity index (χ3v) is 4.53. The van der Waals surface area contributed by atoms with Gasteiger partial charge in [-0.25, -0.2) is 0 Å². The van der Waals surface area contributed by atoms with E-state index in [1.165, 1.54) is 22.6 Å². The maximum absolute atomic E-state index is 6.09. The molecule has 1 aromatic rings. The maximum atomic E-state index is 6.09. The number of ether oxygens (including phenoxy) is 2. The summed E-state index contributed by atoms with van der Waals surface area (Å²) in [6, 6.07) is 0. The van der Waals surface area contributed by atoms with Crippen molar-refractivity contribution in [1.82, 2.24) is 0 Å². The molecule has 1 aliphatic heterocycles. The van der Waals surface area contributed by atoms with E-state index >= 15 is 0 Å². The van der Waals surface area contributed by atoms with E-state index in [-0.39, 0.29) is 5.79 Å². The first-order chi connectivity index (χ1) is 7.24. The first kappa shape index (κ1) is 9.52. The van der Waals surface area contributed by atoms with E-state index in [1.807, 2.05) is 11.3 Å². The summed E-state index contributed by atoms with van der Waals surface area (Å²) in [5, 5.41) is 0. The first-order valence-electron chi connectivity index (χ1n) is 5.74. The highest BCUT2D eigenvalue weighted by atomic mass is 32.1. The van der Waals surface area contributed by atoms with Gasteiger partial charge in [0, 0.05) is 17.7 Å². The summed E-state index contributed by atoms with van der Waals surface area (Å²) in [6.45, 7) is 4.30. The Hall–Kier alpha value is -0.700. The Morgan fingerprint density at radius 2 is 1.87 bits per heavy atom. The molecule has 1 saturated carbocycles. The second-order valence-electron chi connectivity index (χ2n) is 4.42. The number of aryl methyl sites for hydroxylation is 2. The molecule has 0 amide bonds. The molecule has 0 bridgehead atoms. The Kier molecular flexibility index (Phi) is 2.00. The van der Waals surface area contributed by atoms with Crippen LogP contribution in [0.25, 0.3) is 0 Å². The minimum Gasteiger partial charge on any atom is -0.447 e. The van der Waals surface area contributed by atoms with Crippen molar-refractivity contribution >= 4 is 11.3 Å². The molecule has 0 atom stereocenters. The largest absolute Gasteiger partial charge is 0.447 e. The van der Waals surface area contributed by atoms with E-state index < -0.39 is 0 Å². The third kappa shape index (κ3) is 1.29. The van der Waals surface area contributed by atoms with Crippen LogP contribution in [0.5, 0.6) is 11.5 Å². The van der Waals surface area contributed by atoms with Gasteiger partial charge in [0.2, 0.25) is 0 Å². The van der Waals surface area contributed by atoms with Crippen molar-refractivity contribution in [3.8, 4) is 11.5 Å². The van der Waals surface area contributed by atoms with Gasteiger partial charge in [-0.1, -0.05) is 6.92 Å². The molecule has 15 heavy (non-hydrogen) atoms. The zero-order valence-corrected chi connectivity index (χ0v) is 10.1. The van der Waals surface area contributed by atoms with E-state index in [4.69, 9.17) is 9.47 Å². The molecule has 1 aromatic heterocycles. The molecule has 2 aliphatic rings. The van der Waals surface area contributed by atoms with Crippen LogP contribution in [0.15, 0.2) is 0 Å². The highest BCUT2D eigenvalue weighted by Gasteiger charge is 2.46. The first-order valence-corrected chi connectivity index (χ1v) is 6.56. The van der Waals surface area contributed by atoms with Gasteiger partial charge in [0.25, 0.3) is 5.79 Å². The number of hydrogen-bond donors (Lipinski definition) is 0. The van der Waals surface area contributed by atoms with Gasteiger partial charge in [0.15, 0.2) is 11.5 Å². The summed E-state index contributed by atoms with van der Waals surface area (Å²) >= 11 is 1.81. The van der Waals surface area contributed by atoms with E-state index in [1.54, 1.807) is 0 Å². The van der Waals surface area contributed by atoms with E-state index in [9.17, 15) is 0 Å². The Morgan fingerprint density at radius 3 is 2.53 bits per heavy atom. The van der Waals surface area contributed by atoms with E-state index in [2.05, 4.69) is 13.8 Å². The highest BCUT2D eigenvalue weighted by molar-refractivity contribution is 7.12. The number of hydrogen-bond acceptors (Lipinski definition) is 3. The van der Waals surface area contributed by atoms with Crippen molar-refractivity contribution in [3.63, 3.8) is 0 Å². The zero-order chi connectivity index (χ0) is 10.5. The number of fused-ring (bicyclic) bond motifs is 1. The van der Waals surface area contributed by atoms with Gasteiger partial charge in [0.05, 0.1) is 4.88 Å². The Morgan fingerprint density at radius 1 is 1.20 bits per heavy atom. The summed E-state index contributed by atoms with van der Waals surface area (Å²) in [6.07, 6.45) is 5.60. The van der Waals surface area contributed by atoms with Crippen molar-refractivity contribution in [3.05, 3.63) is 9.75 Å². The lowest BCUT2D eigenvalue weighted by Gasteiger charge is -2.22. The predicted molar refractivity (Wildman–Crippen MR) is 60.9 cm³/mol. The Bertz CT molecular complexity index is 389. The molecular weight excluding hydrogens is 208 g/mol. The smallest absolute Gasteiger partial charge is 0.251 e. The molecule has 0 N–H and O–H groups in total. The maximum Gasteiger partial charge on any atom is 0.251 e. The fraction of sp³-hybridized carbons (Fsp3) is 0.667. The molecule has 3 heteroatoms. The fourth-order valence-electron chi connectivity index (χ4n) is 2.53. The normalized spacial score (nSPS) is 21.5. The summed E-state index contributed by atoms with van der Waals surface area (Å²) in [5.41, 5.74) is 0. The van der Waals surface area contributed by atoms with Gasteiger partial charge in [-0.2, -0.15) is 0 Å². The minimum atomic E-state index is -0.284. The monoisotopic (exact) mass is 224 g/mol. The quantitative estimate of drug-likeness (QED) is 0.724. The second-order valence-corrected chi connectivity index (χ2v) is 5.72. The molecule has 0 saturated heterocycles. The van der Waals surface area contributed by atoms with Gasteiger partial charge in [-0.05, 0) is 26.2 Å². The van der Waals surface area contributed by atoms with Crippen molar-refractivity contribution in [2.75, 3.05) is 0 Å². The van der Waals surface area contributed by atoms with Crippen molar-refractivity contribution < 1.29 is 9.47 Å². The van der Waals surface area contributed by atoms with Crippen LogP contribution in [0.4, 0.5) is 0 Å². The number of rotatable bonds is 1. The zero-order valence-electron chi connectivity index (χ0n) is 9.26. The SMILES string of the molecule is CCc1sc(C)c2c1OC1(CCCC1)O2. The van der Waals surface area contributed by atoms with Gasteiger partial charge in [-0.15, -0.1) is 11.3 Å². The van der Waals surface area contributed by atoms with E-state index in [0.29, 0.717) is 0 Å². The molecule has 1 fully saturated rings. The molecule has 0 unspecified atom stereocenters. The summed E-state index contributed by atoms with van der Waals surface area (Å²) in [7, 11) is 0. The molecule has 1 aliphatic carbocycles. The van der Waals surface area contributed by atoms with Gasteiger partial charge >= 0.3 is 0 Å². The van der Waals surface area contributed by atoms with Gasteiger partial charge in [0.1, 0.15) is 0 Å². The van der Waals surface area contributed by atoms with Crippen molar-refractivity contribution in [1.29, 1.82) is 0 Å². The van der Waals surface area contributed by atoms with E-state index in [0.717, 1.165) is 30.8 Å². The minimum absolute atomic E-state index is 0.284. The van der Waals surface area contributed by atoms with Crippen LogP contribution >= 0.6 is 11.3 Å². The lowest BCUT2D eigenvalue weighted by molar-refractivity contribution is -0.0722. The molecule has 0 radical (unpaired) electrons. The molecule has 1 spiro atoms. The standard InChI is InChI=1S/C12H16O2S/c1-3-9-11-10(8(2)15-9)13-12(14-11)6-4-5-7-12/h3-7H2,1-2H3. The molecule has 2 heterocycles. The van der Waals surface area contributed by atoms with Gasteiger partial charge < -0.3 is 9.47 Å². The molecule has 0 aromatic carbocycles. The molecule has 3 rings (SSSR count). The summed E-state index contributed by atoms with van der Waals surface area (Å²) in [4.78, 5) is 2.61. The highest BCUT2D eigenvalue weighted by Crippen LogP contribution is 2.53. The molecule has 82 valence electrons. The van der Waals surface area contributed by atoms with Crippen LogP contribution in [0, 0.1) is 6.92 Å². The average molecular weight is 224 g/mol. The lowest BCUT2D eigenvalue weighted by Crippen LogP contribution is -2.34. The van der Waals surface area contributed by atoms with Crippen molar-refractivity contribution in [2.24, 2.45) is 0 Å². The van der Waals surface area contributed by atoms with Gasteiger partial charge in [-0.3, -0.25) is 0 Å². The number of thiophene rings is 1. The fourth-order valence-corrected chi connectivity index (χ4v) is 3.50. The van der Waals surface area contributed by atoms with Crippen LogP contribution in [-0.2, 0) is 6.42 Å². The predicted octanol–water partition coefficient (Wildman–Crippen LogP) is 3.66. The van der Waals surface area contributed by atoms with Crippen LogP contribution in [0.2, 0.25) is 0 Å². The summed E-state index contributed by atoms with van der Waals surface area (Å²) in [5.74, 6) is 1.79. The van der Waals surface area contributed by atoms with Crippen LogP contribution in [0.3, 0.4) is 0 Å². The summed E-state index contributed by atoms with van der Waals surface area (Å²) < 4.78 is 12.1. The second kappa shape index (κ2) is 3.14. The average Bonchev–Trinajstić information content (AvgIpc) is 2.88. The topological polar surface area (TPSA) is 18.5 Å². The lowest BCUT2D eigenvalue weighted by atomic mass is 10.2. The third-order valence-electron chi connectivity index (χ3n) is 3.32.